The molecule has 31 heavy (non-hydrogen) atoms. The van der Waals surface area contributed by atoms with Gasteiger partial charge in [0, 0.05) is 6.42 Å². The number of cyclic esters (lactones) is 1. The summed E-state index contributed by atoms with van der Waals surface area (Å²) in [6.45, 7) is 18.1. The first-order valence-corrected chi connectivity index (χ1v) is 10.9. The molecule has 1 fully saturated rings. The van der Waals surface area contributed by atoms with Crippen molar-refractivity contribution in [3.8, 4) is 5.75 Å². The maximum Gasteiger partial charge on any atom is 0.325 e. The number of phenols is 1. The van der Waals surface area contributed by atoms with Gasteiger partial charge in [-0.3, -0.25) is 14.9 Å². The second-order valence-corrected chi connectivity index (χ2v) is 11.6. The van der Waals surface area contributed by atoms with Crippen molar-refractivity contribution in [1.29, 1.82) is 0 Å². The Bertz CT molecular complexity index is 809. The van der Waals surface area contributed by atoms with Crippen LogP contribution < -0.4 is 5.32 Å². The van der Waals surface area contributed by atoms with Gasteiger partial charge in [0.2, 0.25) is 0 Å². The largest absolute Gasteiger partial charge is 0.507 e. The summed E-state index contributed by atoms with van der Waals surface area (Å²) in [4.78, 5) is 24.3. The van der Waals surface area contributed by atoms with E-state index in [0.717, 1.165) is 16.7 Å². The minimum absolute atomic E-state index is 0.124. The van der Waals surface area contributed by atoms with Crippen molar-refractivity contribution < 1.29 is 24.2 Å². The van der Waals surface area contributed by atoms with Gasteiger partial charge in [-0.15, -0.1) is 0 Å². The number of carbonyl (C=O) groups excluding carboxylic acids is 2. The van der Waals surface area contributed by atoms with Crippen LogP contribution in [0.3, 0.4) is 0 Å². The number of nitrogens with one attached hydrogen (secondary N) is 1. The van der Waals surface area contributed by atoms with Gasteiger partial charge in [-0.25, -0.2) is 0 Å². The SMILES string of the molecule is CC1(COC(=O)CCc2cc(C(C)(C)C)c(O)c(C(C)(C)C)c2)COC(=O)C(C)(C)N1. The molecule has 0 aliphatic carbocycles. The Balaban J connectivity index is 2.07. The fraction of sp³-hybridized carbons (Fsp3) is 0.680. The lowest BCUT2D eigenvalue weighted by atomic mass is 9.78. The Morgan fingerprint density at radius 1 is 1.10 bits per heavy atom. The summed E-state index contributed by atoms with van der Waals surface area (Å²) in [7, 11) is 0. The van der Waals surface area contributed by atoms with Gasteiger partial charge in [0.05, 0.1) is 5.54 Å². The molecule has 6 nitrogen and oxygen atoms in total. The third-order valence-electron chi connectivity index (χ3n) is 5.60. The third-order valence-corrected chi connectivity index (χ3v) is 5.60. The van der Waals surface area contributed by atoms with Crippen molar-refractivity contribution in [1.82, 2.24) is 5.32 Å². The summed E-state index contributed by atoms with van der Waals surface area (Å²) in [5.74, 6) is -0.284. The molecule has 0 aromatic heterocycles. The number of hydrogen-bond donors (Lipinski definition) is 2. The van der Waals surface area contributed by atoms with Crippen molar-refractivity contribution in [2.75, 3.05) is 13.2 Å². The number of hydrogen-bond acceptors (Lipinski definition) is 6. The fourth-order valence-electron chi connectivity index (χ4n) is 3.86. The first kappa shape index (κ1) is 25.2. The lowest BCUT2D eigenvalue weighted by molar-refractivity contribution is -0.165. The molecule has 0 radical (unpaired) electrons. The topological polar surface area (TPSA) is 84.9 Å². The van der Waals surface area contributed by atoms with Crippen LogP contribution in [0.1, 0.15) is 85.4 Å². The van der Waals surface area contributed by atoms with Gasteiger partial charge in [0.15, 0.2) is 0 Å². The number of phenolic OH excluding ortho intramolecular Hbond substituents is 1. The molecule has 0 saturated carbocycles. The van der Waals surface area contributed by atoms with Gasteiger partial charge in [0.25, 0.3) is 0 Å². The number of carbonyl (C=O) groups is 2. The molecule has 2 N–H and O–H groups in total. The second-order valence-electron chi connectivity index (χ2n) is 11.6. The Labute approximate surface area is 186 Å². The molecule has 1 aromatic rings. The van der Waals surface area contributed by atoms with Crippen molar-refractivity contribution >= 4 is 11.9 Å². The highest BCUT2D eigenvalue weighted by molar-refractivity contribution is 5.80. The molecule has 1 aromatic carbocycles. The minimum Gasteiger partial charge on any atom is -0.507 e. The highest BCUT2D eigenvalue weighted by Gasteiger charge is 2.44. The van der Waals surface area contributed by atoms with Gasteiger partial charge in [-0.2, -0.15) is 0 Å². The van der Waals surface area contributed by atoms with Crippen LogP contribution in [0.5, 0.6) is 5.75 Å². The van der Waals surface area contributed by atoms with E-state index in [4.69, 9.17) is 9.47 Å². The number of rotatable bonds is 5. The Hall–Kier alpha value is -2.08. The van der Waals surface area contributed by atoms with Crippen molar-refractivity contribution in [3.63, 3.8) is 0 Å². The summed E-state index contributed by atoms with van der Waals surface area (Å²) in [6, 6.07) is 3.98. The molecule has 1 unspecified atom stereocenters. The molecule has 6 heteroatoms. The van der Waals surface area contributed by atoms with Gasteiger partial charge < -0.3 is 14.6 Å². The number of aryl methyl sites for hydroxylation is 1. The van der Waals surface area contributed by atoms with E-state index >= 15 is 0 Å². The van der Waals surface area contributed by atoms with E-state index in [1.54, 1.807) is 13.8 Å². The molecule has 1 aliphatic heterocycles. The van der Waals surface area contributed by atoms with E-state index < -0.39 is 11.1 Å². The highest BCUT2D eigenvalue weighted by atomic mass is 16.6. The number of benzene rings is 1. The predicted octanol–water partition coefficient (Wildman–Crippen LogP) is 4.15. The van der Waals surface area contributed by atoms with Crippen molar-refractivity contribution in [2.24, 2.45) is 0 Å². The summed E-state index contributed by atoms with van der Waals surface area (Å²) in [5, 5.41) is 14.1. The lowest BCUT2D eigenvalue weighted by Gasteiger charge is -2.42. The molecular formula is C25H39NO5. The average Bonchev–Trinajstić information content (AvgIpc) is 2.60. The molecule has 0 bridgehead atoms. The number of ether oxygens (including phenoxy) is 2. The molecule has 1 aliphatic rings. The summed E-state index contributed by atoms with van der Waals surface area (Å²) < 4.78 is 10.8. The monoisotopic (exact) mass is 433 g/mol. The minimum atomic E-state index is -0.821. The average molecular weight is 434 g/mol. The highest BCUT2D eigenvalue weighted by Crippen LogP contribution is 2.40. The van der Waals surface area contributed by atoms with Crippen LogP contribution in [0.25, 0.3) is 0 Å². The molecule has 1 heterocycles. The van der Waals surface area contributed by atoms with Crippen molar-refractivity contribution in [2.45, 2.75) is 97.1 Å². The molecule has 0 spiro atoms. The second kappa shape index (κ2) is 8.45. The van der Waals surface area contributed by atoms with Crippen LogP contribution in [-0.2, 0) is 36.3 Å². The third kappa shape index (κ3) is 6.22. The number of aromatic hydroxyl groups is 1. The van der Waals surface area contributed by atoms with E-state index in [1.807, 2.05) is 19.1 Å². The zero-order valence-corrected chi connectivity index (χ0v) is 20.6. The maximum absolute atomic E-state index is 12.5. The fourth-order valence-corrected chi connectivity index (χ4v) is 3.86. The van der Waals surface area contributed by atoms with E-state index in [-0.39, 0.29) is 42.4 Å². The molecule has 1 atom stereocenters. The Morgan fingerprint density at radius 2 is 1.61 bits per heavy atom. The Morgan fingerprint density at radius 3 is 2.06 bits per heavy atom. The molecule has 1 saturated heterocycles. The smallest absolute Gasteiger partial charge is 0.325 e. The normalized spacial score (nSPS) is 21.5. The van der Waals surface area contributed by atoms with Crippen LogP contribution in [-0.4, -0.2) is 41.3 Å². The van der Waals surface area contributed by atoms with Crippen LogP contribution in [0.2, 0.25) is 0 Å². The number of morpholine rings is 1. The first-order chi connectivity index (χ1) is 13.9. The van der Waals surface area contributed by atoms with Gasteiger partial charge in [-0.1, -0.05) is 53.7 Å². The zero-order valence-electron chi connectivity index (χ0n) is 20.6. The van der Waals surface area contributed by atoms with Gasteiger partial charge in [-0.05, 0) is 54.7 Å². The zero-order chi connectivity index (χ0) is 23.8. The van der Waals surface area contributed by atoms with E-state index in [9.17, 15) is 14.7 Å². The van der Waals surface area contributed by atoms with E-state index in [1.165, 1.54) is 0 Å². The molecule has 174 valence electrons. The predicted molar refractivity (Wildman–Crippen MR) is 121 cm³/mol. The summed E-state index contributed by atoms with van der Waals surface area (Å²) in [6.07, 6.45) is 0.757. The van der Waals surface area contributed by atoms with Crippen LogP contribution in [0.15, 0.2) is 12.1 Å². The van der Waals surface area contributed by atoms with Gasteiger partial charge in [0.1, 0.15) is 24.5 Å². The molecular weight excluding hydrogens is 394 g/mol. The van der Waals surface area contributed by atoms with Crippen molar-refractivity contribution in [3.05, 3.63) is 28.8 Å². The van der Waals surface area contributed by atoms with E-state index in [2.05, 4.69) is 46.9 Å². The quantitative estimate of drug-likeness (QED) is 0.679. The van der Waals surface area contributed by atoms with Crippen LogP contribution in [0.4, 0.5) is 0 Å². The lowest BCUT2D eigenvalue weighted by Crippen LogP contribution is -2.66. The van der Waals surface area contributed by atoms with Crippen LogP contribution in [0, 0.1) is 0 Å². The van der Waals surface area contributed by atoms with Gasteiger partial charge >= 0.3 is 11.9 Å². The Kier molecular flexibility index (Phi) is 6.87. The maximum atomic E-state index is 12.5. The first-order valence-electron chi connectivity index (χ1n) is 10.9. The van der Waals surface area contributed by atoms with E-state index in [0.29, 0.717) is 12.2 Å². The summed E-state index contributed by atoms with van der Waals surface area (Å²) in [5.41, 5.74) is 0.889. The number of esters is 2. The van der Waals surface area contributed by atoms with Crippen LogP contribution >= 0.6 is 0 Å². The standard InChI is InChI=1S/C25H39NO5/c1-22(2,3)17-12-16(13-18(20(17)28)23(4,5)6)10-11-19(27)30-14-25(9)15-31-21(29)24(7,8)26-25/h12-13,26,28H,10-11,14-15H2,1-9H3. The molecule has 2 rings (SSSR count). The summed E-state index contributed by atoms with van der Waals surface area (Å²) >= 11 is 0. The molecule has 0 amide bonds.